The number of nitrogens with zero attached hydrogens (tertiary/aromatic N) is 6. The standard InChI is InChI=1S/C91H127N23O20S2/c1-9-11-23-69-83(127)102-60(22-17-31-97-91(94)95)79(123)109-68(78(122)99-42-75(93)119)46-135-47-76(120)101-64(34-51-27-29-55(116)30-28-51)86(130)110(6)50(5)77(121)105-66(39-74(92)118)89(133)114-43-56(117)38-72(114)85(129)104-62(37-54-41-96-48-100-54)81(125)106-63(33-49(3)4)88(132)113-32-18-25-70(113)84(128)103-61(35-52-40-98-59-21-15-13-19-57(52)59)80(124)108-67(44-115)82(126)107-65(36-53-45-136-73-26-16-14-20-58(53)73)87(131)112(8)71(24-12-10-2)90(134)111(69)7/h13-16,19-21,26-30,40-41,45,48-50,56,60-72,98,115-117H,9-12,17-18,22-25,31-39,42-44,46-47H2,1-8H3,(H2,92,118)(H2,93,119)(H,96,100)(H,99,122)(H,101,120)(H,102,127)(H,103,128)(H,104,129)(H,105,121)(H,106,125)(H,107,126)(H,108,124)(H,109,123)(H4,94,95,97)/t50-,56+,60-,61-,62-,63-,64-,65-,66-,67-,68?,69-,70+,71-,72-/m0/s1. The van der Waals surface area contributed by atoms with Crippen LogP contribution >= 0.6 is 23.1 Å². The average molecular weight is 1930 g/mol. The van der Waals surface area contributed by atoms with Gasteiger partial charge in [0.15, 0.2) is 5.96 Å². The number of aliphatic hydroxyl groups excluding tert-OH is 2. The molecule has 738 valence electrons. The first kappa shape index (κ1) is 106. The van der Waals surface area contributed by atoms with Crippen molar-refractivity contribution < 1.29 is 96.8 Å². The normalized spacial score (nSPS) is 24.7. The maximum absolute atomic E-state index is 15.8. The number of nitrogens with one attached hydrogen (secondary N) is 14. The van der Waals surface area contributed by atoms with Crippen molar-refractivity contribution in [1.82, 2.24) is 97.9 Å². The number of hydrogen-bond donors (Lipinski definition) is 20. The van der Waals surface area contributed by atoms with E-state index in [1.165, 1.54) is 81.1 Å². The van der Waals surface area contributed by atoms with E-state index >= 15 is 38.4 Å². The van der Waals surface area contributed by atoms with Crippen molar-refractivity contribution in [3.8, 4) is 5.75 Å². The second-order valence-corrected chi connectivity index (χ2v) is 36.8. The monoisotopic (exact) mass is 1930 g/mol. The fraction of sp³-hybridized carbons (Fsp3) is 0.527. The zero-order chi connectivity index (χ0) is 99.3. The number of aromatic hydroxyl groups is 1. The van der Waals surface area contributed by atoms with Crippen LogP contribution in [0.4, 0.5) is 0 Å². The summed E-state index contributed by atoms with van der Waals surface area (Å²) in [6.45, 7) is 6.07. The molecule has 45 heteroatoms. The Morgan fingerprint density at radius 3 is 1.81 bits per heavy atom. The van der Waals surface area contributed by atoms with Crippen molar-refractivity contribution in [3.05, 3.63) is 119 Å². The van der Waals surface area contributed by atoms with Gasteiger partial charge in [0.25, 0.3) is 0 Å². The first-order valence-corrected chi connectivity index (χ1v) is 47.5. The molecule has 3 aliphatic heterocycles. The highest BCUT2D eigenvalue weighted by atomic mass is 32.2. The summed E-state index contributed by atoms with van der Waals surface area (Å²) in [5.41, 5.74) is 19.2. The second kappa shape index (κ2) is 50.9. The first-order valence-electron chi connectivity index (χ1n) is 45.5. The number of rotatable bonds is 26. The lowest BCUT2D eigenvalue weighted by molar-refractivity contribution is -0.149. The lowest BCUT2D eigenvalue weighted by Gasteiger charge is -2.36. The van der Waals surface area contributed by atoms with E-state index in [0.29, 0.717) is 59.0 Å². The Kier molecular flexibility index (Phi) is 39.8. The van der Waals surface area contributed by atoms with Crippen LogP contribution in [0.15, 0.2) is 96.9 Å². The highest BCUT2D eigenvalue weighted by Crippen LogP contribution is 2.30. The number of phenolic OH excluding ortho intramolecular Hbond substituents is 1. The van der Waals surface area contributed by atoms with Crippen molar-refractivity contribution in [3.63, 3.8) is 0 Å². The molecule has 3 aliphatic rings. The van der Waals surface area contributed by atoms with Crippen molar-refractivity contribution in [2.24, 2.45) is 23.1 Å². The molecule has 0 spiro atoms. The number of thioether (sulfide) groups is 1. The lowest BCUT2D eigenvalue weighted by atomic mass is 10.00. The van der Waals surface area contributed by atoms with E-state index in [0.717, 1.165) is 41.4 Å². The number of aromatic nitrogens is 3. The number of benzene rings is 3. The number of aromatic amines is 2. The molecule has 136 heavy (non-hydrogen) atoms. The highest BCUT2D eigenvalue weighted by Gasteiger charge is 2.47. The number of primary amides is 2. The fourth-order valence-electron chi connectivity index (χ4n) is 16.7. The summed E-state index contributed by atoms with van der Waals surface area (Å²) in [6.07, 6.45) is 2.17. The van der Waals surface area contributed by atoms with E-state index < -0.39 is 241 Å². The average Bonchev–Trinajstić information content (AvgIpc) is 1.65. The molecule has 9 rings (SSSR count). The number of imidazole rings is 1. The van der Waals surface area contributed by atoms with Crippen LogP contribution in [-0.2, 0) is 107 Å². The number of carbonyl (C=O) groups is 17. The summed E-state index contributed by atoms with van der Waals surface area (Å²) in [5, 5.41) is 72.9. The summed E-state index contributed by atoms with van der Waals surface area (Å²) in [6, 6.07) is -1.94. The molecule has 1 unspecified atom stereocenters. The topological polar surface area (TPSA) is 646 Å². The Labute approximate surface area is 794 Å². The van der Waals surface area contributed by atoms with Gasteiger partial charge in [-0.05, 0) is 110 Å². The van der Waals surface area contributed by atoms with Crippen LogP contribution in [0.25, 0.3) is 21.0 Å². The number of phenols is 1. The third kappa shape index (κ3) is 29.6. The number of para-hydroxylation sites is 1. The highest BCUT2D eigenvalue weighted by molar-refractivity contribution is 8.00. The molecule has 6 aromatic rings. The Morgan fingerprint density at radius 1 is 0.574 bits per heavy atom. The molecule has 0 aliphatic carbocycles. The number of unbranched alkanes of at least 4 members (excludes halogenated alkanes) is 2. The number of guanidine groups is 1. The summed E-state index contributed by atoms with van der Waals surface area (Å²) >= 11 is 2.11. The smallest absolute Gasteiger partial charge is 0.246 e. The van der Waals surface area contributed by atoms with Crippen LogP contribution in [0.5, 0.6) is 5.75 Å². The van der Waals surface area contributed by atoms with Gasteiger partial charge in [-0.3, -0.25) is 86.9 Å². The molecule has 3 fully saturated rings. The number of thiophene rings is 1. The quantitative estimate of drug-likeness (QED) is 0.0156. The second-order valence-electron chi connectivity index (χ2n) is 34.9. The number of nitrogens with two attached hydrogens (primary N) is 3. The van der Waals surface area contributed by atoms with Crippen LogP contribution in [0.1, 0.15) is 140 Å². The number of likely N-dealkylation sites (N-methyl/N-ethyl adjacent to an activating group) is 3. The third-order valence-electron chi connectivity index (χ3n) is 24.2. The van der Waals surface area contributed by atoms with Crippen molar-refractivity contribution in [1.29, 1.82) is 5.41 Å². The van der Waals surface area contributed by atoms with Gasteiger partial charge in [-0.1, -0.05) is 102 Å². The van der Waals surface area contributed by atoms with E-state index in [-0.39, 0.29) is 95.4 Å². The number of hydrogen-bond acceptors (Lipinski definition) is 24. The molecular weight excluding hydrogens is 1800 g/mol. The molecule has 3 saturated heterocycles. The number of aliphatic hydroxyl groups is 2. The molecule has 15 atom stereocenters. The van der Waals surface area contributed by atoms with Gasteiger partial charge in [0.1, 0.15) is 90.3 Å². The zero-order valence-corrected chi connectivity index (χ0v) is 79.1. The van der Waals surface area contributed by atoms with Crippen LogP contribution in [-0.4, -0.2) is 317 Å². The van der Waals surface area contributed by atoms with Crippen molar-refractivity contribution in [2.75, 3.05) is 65.4 Å². The molecular formula is C91H127N23O20S2. The van der Waals surface area contributed by atoms with Gasteiger partial charge in [0.05, 0.1) is 37.8 Å². The van der Waals surface area contributed by atoms with Gasteiger partial charge >= 0.3 is 0 Å². The van der Waals surface area contributed by atoms with E-state index in [1.807, 2.05) is 32.0 Å². The van der Waals surface area contributed by atoms with E-state index in [9.17, 15) is 58.5 Å². The van der Waals surface area contributed by atoms with Gasteiger partial charge in [0.2, 0.25) is 100 Å². The molecule has 6 heterocycles. The summed E-state index contributed by atoms with van der Waals surface area (Å²) in [7, 11) is 3.91. The van der Waals surface area contributed by atoms with Gasteiger partial charge in [-0.2, -0.15) is 0 Å². The minimum Gasteiger partial charge on any atom is -0.508 e. The van der Waals surface area contributed by atoms with E-state index in [4.69, 9.17) is 22.6 Å². The van der Waals surface area contributed by atoms with Crippen LogP contribution in [0.3, 0.4) is 0 Å². The number of amides is 17. The van der Waals surface area contributed by atoms with Gasteiger partial charge in [-0.15, -0.1) is 23.1 Å². The minimum absolute atomic E-state index is 0.00361. The summed E-state index contributed by atoms with van der Waals surface area (Å²) in [5.74, 6) is -18.0. The Balaban J connectivity index is 1.10. The largest absolute Gasteiger partial charge is 0.508 e. The number of H-pyrrole nitrogens is 2. The van der Waals surface area contributed by atoms with Crippen molar-refractivity contribution >= 4 is 150 Å². The molecule has 23 N–H and O–H groups in total. The predicted octanol–water partition coefficient (Wildman–Crippen LogP) is -2.20. The zero-order valence-electron chi connectivity index (χ0n) is 77.5. The van der Waals surface area contributed by atoms with Gasteiger partial charge in [-0.25, -0.2) is 4.98 Å². The minimum atomic E-state index is -1.89. The van der Waals surface area contributed by atoms with E-state index in [2.05, 4.69) is 73.4 Å². The Morgan fingerprint density at radius 2 is 1.15 bits per heavy atom. The number of carbonyl (C=O) groups excluding carboxylic acids is 17. The molecule has 3 aromatic heterocycles. The SMILES string of the molecule is CCCC[C@H]1C(=O)N(C)[C@@H](CCCC)C(=O)N[C@@H](CCCNC(=N)N)C(=O)NC(C(=O)NCC(N)=O)CSCC(=O)N[C@@H](Cc2ccc(O)cc2)C(=O)N(C)[C@@H](C)C(=O)N[C@@H](CC(N)=O)C(=O)N2C[C@H](O)C[C@H]2C(=O)N[C@@H](Cc2cnc[nH]2)C(=O)N[C@@H](CC(C)C)C(=O)N2CCC[C@@H]2C(=O)N[C@@H](Cc2c[nH]c3ccccc23)C(=O)N[C@@H](CO)C(=O)N[C@@H](Cc2csc3ccccc23)C(=O)N1C. The molecule has 0 bridgehead atoms. The van der Waals surface area contributed by atoms with Gasteiger partial charge in [0, 0.05) is 112 Å². The maximum Gasteiger partial charge on any atom is 0.246 e. The van der Waals surface area contributed by atoms with Crippen molar-refractivity contribution in [2.45, 2.75) is 234 Å². The molecule has 0 saturated carbocycles. The molecule has 3 aromatic carbocycles. The van der Waals surface area contributed by atoms with Crippen LogP contribution in [0, 0.1) is 11.3 Å². The Hall–Kier alpha value is -13.3. The predicted molar refractivity (Wildman–Crippen MR) is 503 cm³/mol. The van der Waals surface area contributed by atoms with Gasteiger partial charge < -0.3 is 125 Å². The lowest BCUT2D eigenvalue weighted by Crippen LogP contribution is -2.62. The summed E-state index contributed by atoms with van der Waals surface area (Å²) in [4.78, 5) is 266. The van der Waals surface area contributed by atoms with Crippen LogP contribution < -0.4 is 75.7 Å². The maximum atomic E-state index is 15.8. The Bertz CT molecular complexity index is 5250. The fourth-order valence-corrected chi connectivity index (χ4v) is 18.5. The molecule has 43 nitrogen and oxygen atoms in total. The van der Waals surface area contributed by atoms with E-state index in [1.54, 1.807) is 55.8 Å². The number of fused-ring (bicyclic) bond motifs is 4. The first-order chi connectivity index (χ1) is 64.8. The third-order valence-corrected chi connectivity index (χ3v) is 26.3. The van der Waals surface area contributed by atoms with Crippen LogP contribution in [0.2, 0.25) is 0 Å². The molecule has 0 radical (unpaired) electrons. The molecule has 17 amide bonds. The summed E-state index contributed by atoms with van der Waals surface area (Å²) < 4.78 is 0.819.